The number of nitrogens with two attached hydrogens (primary N) is 1. The summed E-state index contributed by atoms with van der Waals surface area (Å²) in [5, 5.41) is 4.92. The van der Waals surface area contributed by atoms with E-state index >= 15 is 0 Å². The van der Waals surface area contributed by atoms with Crippen LogP contribution in [-0.2, 0) is 20.7 Å². The number of carbonyl (C=O) groups is 2. The van der Waals surface area contributed by atoms with E-state index in [4.69, 9.17) is 10.5 Å². The molecule has 3 aromatic rings. The highest BCUT2D eigenvalue weighted by Gasteiger charge is 2.28. The van der Waals surface area contributed by atoms with Gasteiger partial charge in [0.1, 0.15) is 5.92 Å². The number of esters is 1. The predicted molar refractivity (Wildman–Crippen MR) is 103 cm³/mol. The van der Waals surface area contributed by atoms with Crippen molar-refractivity contribution in [1.29, 1.82) is 0 Å². The summed E-state index contributed by atoms with van der Waals surface area (Å²) in [5.41, 5.74) is 7.72. The molecule has 132 valence electrons. The van der Waals surface area contributed by atoms with Gasteiger partial charge in [-0.3, -0.25) is 9.59 Å². The zero-order chi connectivity index (χ0) is 18.5. The molecule has 0 spiro atoms. The molecule has 0 bridgehead atoms. The van der Waals surface area contributed by atoms with E-state index in [9.17, 15) is 9.59 Å². The van der Waals surface area contributed by atoms with Crippen LogP contribution in [0.1, 0.15) is 5.56 Å². The molecular weight excluding hydrogens is 328 g/mol. The summed E-state index contributed by atoms with van der Waals surface area (Å²) in [5.74, 6) is -1.90. The van der Waals surface area contributed by atoms with Gasteiger partial charge in [0, 0.05) is 11.4 Å². The fourth-order valence-corrected chi connectivity index (χ4v) is 2.82. The summed E-state index contributed by atoms with van der Waals surface area (Å²) in [4.78, 5) is 24.8. The number of benzene rings is 3. The molecule has 0 saturated carbocycles. The van der Waals surface area contributed by atoms with Gasteiger partial charge in [-0.05, 0) is 47.0 Å². The molecule has 0 aliphatic heterocycles. The average Bonchev–Trinajstić information content (AvgIpc) is 2.67. The maximum absolute atomic E-state index is 12.6. The van der Waals surface area contributed by atoms with Crippen LogP contribution in [0.4, 0.5) is 11.4 Å². The fourth-order valence-electron chi connectivity index (χ4n) is 2.82. The summed E-state index contributed by atoms with van der Waals surface area (Å²) in [7, 11) is 1.28. The molecule has 0 fully saturated rings. The van der Waals surface area contributed by atoms with Crippen molar-refractivity contribution < 1.29 is 14.3 Å². The van der Waals surface area contributed by atoms with Crippen molar-refractivity contribution in [3.63, 3.8) is 0 Å². The van der Waals surface area contributed by atoms with Gasteiger partial charge >= 0.3 is 5.97 Å². The van der Waals surface area contributed by atoms with E-state index in [1.165, 1.54) is 7.11 Å². The van der Waals surface area contributed by atoms with Crippen molar-refractivity contribution in [3.8, 4) is 0 Å². The highest BCUT2D eigenvalue weighted by Crippen LogP contribution is 2.20. The van der Waals surface area contributed by atoms with Crippen molar-refractivity contribution in [1.82, 2.24) is 0 Å². The Hall–Kier alpha value is -3.34. The fraction of sp³-hybridized carbons (Fsp3) is 0.143. The second-order valence-electron chi connectivity index (χ2n) is 6.07. The molecule has 0 radical (unpaired) electrons. The molecular formula is C21H20N2O3. The monoisotopic (exact) mass is 348 g/mol. The van der Waals surface area contributed by atoms with Crippen LogP contribution < -0.4 is 11.1 Å². The van der Waals surface area contributed by atoms with Gasteiger partial charge < -0.3 is 15.8 Å². The minimum Gasteiger partial charge on any atom is -0.468 e. The van der Waals surface area contributed by atoms with Crippen LogP contribution >= 0.6 is 0 Å². The van der Waals surface area contributed by atoms with E-state index in [1.807, 2.05) is 42.5 Å². The SMILES string of the molecule is COC(=O)C(Cc1ccc2ccccc2c1)C(=O)Nc1ccc(N)cc1. The summed E-state index contributed by atoms with van der Waals surface area (Å²) in [6.07, 6.45) is 0.262. The summed E-state index contributed by atoms with van der Waals surface area (Å²) < 4.78 is 4.83. The number of methoxy groups -OCH3 is 1. The molecule has 1 atom stereocenters. The van der Waals surface area contributed by atoms with E-state index in [0.717, 1.165) is 16.3 Å². The van der Waals surface area contributed by atoms with Crippen molar-refractivity contribution in [2.45, 2.75) is 6.42 Å². The molecule has 0 heterocycles. The van der Waals surface area contributed by atoms with Crippen LogP contribution in [0.2, 0.25) is 0 Å². The summed E-state index contributed by atoms with van der Waals surface area (Å²) in [6.45, 7) is 0. The minimum atomic E-state index is -0.932. The number of rotatable bonds is 5. The topological polar surface area (TPSA) is 81.4 Å². The second kappa shape index (κ2) is 7.70. The number of hydrogen-bond acceptors (Lipinski definition) is 4. The number of hydrogen-bond donors (Lipinski definition) is 2. The van der Waals surface area contributed by atoms with Gasteiger partial charge in [-0.15, -0.1) is 0 Å². The first-order valence-corrected chi connectivity index (χ1v) is 8.29. The number of fused-ring (bicyclic) bond motifs is 1. The Morgan fingerprint density at radius 3 is 2.38 bits per heavy atom. The zero-order valence-electron chi connectivity index (χ0n) is 14.4. The first-order valence-electron chi connectivity index (χ1n) is 8.29. The maximum atomic E-state index is 12.6. The van der Waals surface area contributed by atoms with Gasteiger partial charge in [-0.1, -0.05) is 42.5 Å². The highest BCUT2D eigenvalue weighted by molar-refractivity contribution is 6.05. The Labute approximate surface area is 151 Å². The number of ether oxygens (including phenoxy) is 1. The van der Waals surface area contributed by atoms with Crippen LogP contribution in [0.5, 0.6) is 0 Å². The van der Waals surface area contributed by atoms with Crippen molar-refractivity contribution in [2.24, 2.45) is 5.92 Å². The number of anilines is 2. The smallest absolute Gasteiger partial charge is 0.318 e. The van der Waals surface area contributed by atoms with Gasteiger partial charge in [0.05, 0.1) is 7.11 Å². The molecule has 3 rings (SSSR count). The van der Waals surface area contributed by atoms with E-state index in [1.54, 1.807) is 24.3 Å². The Morgan fingerprint density at radius 2 is 1.69 bits per heavy atom. The third-order valence-corrected chi connectivity index (χ3v) is 4.23. The molecule has 0 aromatic heterocycles. The van der Waals surface area contributed by atoms with Crippen LogP contribution in [0.25, 0.3) is 10.8 Å². The second-order valence-corrected chi connectivity index (χ2v) is 6.07. The average molecular weight is 348 g/mol. The van der Waals surface area contributed by atoms with Crippen molar-refractivity contribution in [3.05, 3.63) is 72.3 Å². The third-order valence-electron chi connectivity index (χ3n) is 4.23. The molecule has 5 heteroatoms. The van der Waals surface area contributed by atoms with Crippen LogP contribution in [0, 0.1) is 5.92 Å². The Kier molecular flexibility index (Phi) is 5.17. The van der Waals surface area contributed by atoms with Crippen LogP contribution in [-0.4, -0.2) is 19.0 Å². The molecule has 0 saturated heterocycles. The zero-order valence-corrected chi connectivity index (χ0v) is 14.4. The first-order chi connectivity index (χ1) is 12.6. The van der Waals surface area contributed by atoms with Crippen molar-refractivity contribution >= 4 is 34.0 Å². The number of nitrogens with one attached hydrogen (secondary N) is 1. The normalized spacial score (nSPS) is 11.7. The molecule has 5 nitrogen and oxygen atoms in total. The molecule has 1 unspecified atom stereocenters. The third kappa shape index (κ3) is 4.00. The van der Waals surface area contributed by atoms with Gasteiger partial charge in [0.15, 0.2) is 0 Å². The lowest BCUT2D eigenvalue weighted by Gasteiger charge is -2.15. The van der Waals surface area contributed by atoms with Gasteiger partial charge in [0.2, 0.25) is 5.91 Å². The standard InChI is InChI=1S/C21H20N2O3/c1-26-21(25)19(20(24)23-18-10-8-17(22)9-11-18)13-14-6-7-15-4-2-3-5-16(15)12-14/h2-12,19H,13,22H2,1H3,(H,23,24). The largest absolute Gasteiger partial charge is 0.468 e. The lowest BCUT2D eigenvalue weighted by atomic mass is 9.96. The van der Waals surface area contributed by atoms with Crippen LogP contribution in [0.15, 0.2) is 66.7 Å². The first kappa shape index (κ1) is 17.5. The van der Waals surface area contributed by atoms with E-state index in [2.05, 4.69) is 5.32 Å². The Bertz CT molecular complexity index is 935. The molecule has 0 aliphatic carbocycles. The minimum absolute atomic E-state index is 0.262. The Balaban J connectivity index is 1.81. The lowest BCUT2D eigenvalue weighted by Crippen LogP contribution is -2.32. The highest BCUT2D eigenvalue weighted by atomic mass is 16.5. The van der Waals surface area contributed by atoms with Gasteiger partial charge in [0.25, 0.3) is 0 Å². The maximum Gasteiger partial charge on any atom is 0.318 e. The molecule has 26 heavy (non-hydrogen) atoms. The van der Waals surface area contributed by atoms with Crippen molar-refractivity contribution in [2.75, 3.05) is 18.2 Å². The number of nitrogen functional groups attached to an aromatic ring is 1. The number of carbonyl (C=O) groups excluding carboxylic acids is 2. The summed E-state index contributed by atoms with van der Waals surface area (Å²) >= 11 is 0. The van der Waals surface area contributed by atoms with Gasteiger partial charge in [-0.25, -0.2) is 0 Å². The lowest BCUT2D eigenvalue weighted by molar-refractivity contribution is -0.148. The van der Waals surface area contributed by atoms with Gasteiger partial charge in [-0.2, -0.15) is 0 Å². The van der Waals surface area contributed by atoms with E-state index < -0.39 is 17.8 Å². The molecule has 3 N–H and O–H groups in total. The van der Waals surface area contributed by atoms with Crippen LogP contribution in [0.3, 0.4) is 0 Å². The van der Waals surface area contributed by atoms with E-state index in [0.29, 0.717) is 11.4 Å². The molecule has 3 aromatic carbocycles. The van der Waals surface area contributed by atoms with E-state index in [-0.39, 0.29) is 6.42 Å². The summed E-state index contributed by atoms with van der Waals surface area (Å²) in [6, 6.07) is 20.6. The predicted octanol–water partition coefficient (Wildman–Crippen LogP) is 3.39. The molecule has 1 amide bonds. The number of amides is 1. The molecule has 0 aliphatic rings. The Morgan fingerprint density at radius 1 is 1.00 bits per heavy atom. The quantitative estimate of drug-likeness (QED) is 0.421.